The normalized spacial score (nSPS) is 19.0. The molecule has 1 atom stereocenters. The van der Waals surface area contributed by atoms with Crippen molar-refractivity contribution < 1.29 is 9.52 Å². The van der Waals surface area contributed by atoms with E-state index in [0.29, 0.717) is 5.76 Å². The fourth-order valence-corrected chi connectivity index (χ4v) is 3.23. The van der Waals surface area contributed by atoms with Crippen LogP contribution in [0, 0.1) is 0 Å². The second-order valence-electron chi connectivity index (χ2n) is 7.36. The van der Waals surface area contributed by atoms with Crippen LogP contribution in [0.15, 0.2) is 27.8 Å². The van der Waals surface area contributed by atoms with Crippen LogP contribution in [0.5, 0.6) is 0 Å². The van der Waals surface area contributed by atoms with Crippen molar-refractivity contribution in [1.82, 2.24) is 20.4 Å². The van der Waals surface area contributed by atoms with Crippen LogP contribution in [0.3, 0.4) is 0 Å². The van der Waals surface area contributed by atoms with Gasteiger partial charge in [-0.05, 0) is 51.9 Å². The molecule has 0 aliphatic carbocycles. The second kappa shape index (κ2) is 11.3. The first-order valence-corrected chi connectivity index (χ1v) is 10.3. The first-order valence-electron chi connectivity index (χ1n) is 10.3. The lowest BCUT2D eigenvalue weighted by Crippen LogP contribution is -2.46. The highest BCUT2D eigenvalue weighted by Gasteiger charge is 2.26. The third-order valence-corrected chi connectivity index (χ3v) is 5.05. The fraction of sp³-hybridized carbons (Fsp3) is 0.750. The number of likely N-dealkylation sites (N-methyl/N-ethyl adjacent to an activating group) is 1. The third-order valence-electron chi connectivity index (χ3n) is 5.05. The number of furan rings is 1. The summed E-state index contributed by atoms with van der Waals surface area (Å²) in [6.07, 6.45) is 3.86. The molecule has 7 heteroatoms. The summed E-state index contributed by atoms with van der Waals surface area (Å²) in [5.41, 5.74) is -1.10. The molecule has 2 rings (SSSR count). The minimum Gasteiger partial charge on any atom is -0.466 e. The van der Waals surface area contributed by atoms with E-state index in [9.17, 15) is 5.11 Å². The second-order valence-corrected chi connectivity index (χ2v) is 7.36. The summed E-state index contributed by atoms with van der Waals surface area (Å²) in [4.78, 5) is 9.59. The number of piperazine rings is 1. The summed E-state index contributed by atoms with van der Waals surface area (Å²) in [5, 5.41) is 17.1. The molecule has 1 aliphatic rings. The molecule has 27 heavy (non-hydrogen) atoms. The Morgan fingerprint density at radius 3 is 2.56 bits per heavy atom. The summed E-state index contributed by atoms with van der Waals surface area (Å²) in [6, 6.07) is 3.55. The van der Waals surface area contributed by atoms with E-state index < -0.39 is 5.60 Å². The Bertz CT molecular complexity index is 537. The largest absolute Gasteiger partial charge is 0.466 e. The zero-order valence-corrected chi connectivity index (χ0v) is 17.2. The lowest BCUT2D eigenvalue weighted by molar-refractivity contribution is 0.0437. The Labute approximate surface area is 163 Å². The van der Waals surface area contributed by atoms with Crippen LogP contribution >= 0.6 is 0 Å². The Morgan fingerprint density at radius 1 is 1.19 bits per heavy atom. The van der Waals surface area contributed by atoms with Gasteiger partial charge in [0.05, 0.1) is 12.8 Å². The maximum atomic E-state index is 10.5. The predicted molar refractivity (Wildman–Crippen MR) is 110 cm³/mol. The van der Waals surface area contributed by atoms with Gasteiger partial charge >= 0.3 is 0 Å². The van der Waals surface area contributed by atoms with Crippen LogP contribution < -0.4 is 10.6 Å². The first-order chi connectivity index (χ1) is 13.0. The zero-order chi connectivity index (χ0) is 19.5. The van der Waals surface area contributed by atoms with Crippen molar-refractivity contribution in [2.45, 2.75) is 39.2 Å². The van der Waals surface area contributed by atoms with Crippen LogP contribution in [0.25, 0.3) is 0 Å². The van der Waals surface area contributed by atoms with Crippen molar-refractivity contribution in [1.29, 1.82) is 0 Å². The summed E-state index contributed by atoms with van der Waals surface area (Å²) in [6.45, 7) is 15.0. The van der Waals surface area contributed by atoms with Gasteiger partial charge in [-0.1, -0.05) is 6.92 Å². The average Bonchev–Trinajstić information content (AvgIpc) is 3.22. The van der Waals surface area contributed by atoms with E-state index in [4.69, 9.17) is 4.42 Å². The van der Waals surface area contributed by atoms with E-state index in [2.05, 4.69) is 32.3 Å². The first kappa shape index (κ1) is 21.7. The van der Waals surface area contributed by atoms with Crippen molar-refractivity contribution in [2.75, 3.05) is 58.9 Å². The summed E-state index contributed by atoms with van der Waals surface area (Å²) >= 11 is 0. The van der Waals surface area contributed by atoms with Gasteiger partial charge in [0.25, 0.3) is 0 Å². The highest BCUT2D eigenvalue weighted by Crippen LogP contribution is 2.20. The zero-order valence-electron chi connectivity index (χ0n) is 17.2. The van der Waals surface area contributed by atoms with Gasteiger partial charge in [-0.15, -0.1) is 0 Å². The lowest BCUT2D eigenvalue weighted by Gasteiger charge is -2.34. The molecule has 0 saturated carbocycles. The van der Waals surface area contributed by atoms with Crippen molar-refractivity contribution >= 4 is 5.96 Å². The van der Waals surface area contributed by atoms with Gasteiger partial charge in [-0.3, -0.25) is 0 Å². The Morgan fingerprint density at radius 2 is 1.93 bits per heavy atom. The molecule has 1 saturated heterocycles. The maximum Gasteiger partial charge on any atom is 0.191 e. The van der Waals surface area contributed by atoms with Crippen LogP contribution in [0.4, 0.5) is 0 Å². The Balaban J connectivity index is 1.67. The van der Waals surface area contributed by atoms with Gasteiger partial charge in [-0.25, -0.2) is 4.99 Å². The Kier molecular flexibility index (Phi) is 9.10. The number of hydrogen-bond acceptors (Lipinski definition) is 5. The topological polar surface area (TPSA) is 76.3 Å². The van der Waals surface area contributed by atoms with E-state index in [1.54, 1.807) is 25.3 Å². The van der Waals surface area contributed by atoms with Gasteiger partial charge in [0.1, 0.15) is 11.4 Å². The molecule has 1 aromatic rings. The molecule has 7 nitrogen and oxygen atoms in total. The molecule has 0 bridgehead atoms. The van der Waals surface area contributed by atoms with E-state index >= 15 is 0 Å². The van der Waals surface area contributed by atoms with E-state index in [1.807, 2.05) is 6.92 Å². The van der Waals surface area contributed by atoms with Crippen molar-refractivity contribution in [2.24, 2.45) is 4.99 Å². The predicted octanol–water partition coefficient (Wildman–Crippen LogP) is 1.46. The molecule has 1 fully saturated rings. The molecule has 1 aromatic heterocycles. The molecule has 0 radical (unpaired) electrons. The molecule has 3 N–H and O–H groups in total. The molecule has 1 unspecified atom stereocenters. The van der Waals surface area contributed by atoms with Gasteiger partial charge < -0.3 is 30.0 Å². The van der Waals surface area contributed by atoms with Crippen molar-refractivity contribution in [3.05, 3.63) is 24.2 Å². The summed E-state index contributed by atoms with van der Waals surface area (Å²) in [5.74, 6) is 1.27. The number of nitrogens with one attached hydrogen (secondary N) is 2. The number of aliphatic hydroxyl groups is 1. The van der Waals surface area contributed by atoms with Crippen LogP contribution in [0.2, 0.25) is 0 Å². The average molecular weight is 380 g/mol. The molecule has 0 aromatic carbocycles. The molecule has 2 heterocycles. The lowest BCUT2D eigenvalue weighted by atomic mass is 10.0. The van der Waals surface area contributed by atoms with E-state index in [-0.39, 0.29) is 6.54 Å². The van der Waals surface area contributed by atoms with Crippen molar-refractivity contribution in [3.8, 4) is 0 Å². The molecule has 1 aliphatic heterocycles. The number of hydrogen-bond donors (Lipinski definition) is 3. The van der Waals surface area contributed by atoms with E-state index in [0.717, 1.165) is 32.0 Å². The quantitative estimate of drug-likeness (QED) is 0.325. The number of unbranched alkanes of at least 4 members (excludes halogenated alkanes) is 1. The van der Waals surface area contributed by atoms with Gasteiger partial charge in [0, 0.05) is 39.3 Å². The van der Waals surface area contributed by atoms with Crippen molar-refractivity contribution in [3.63, 3.8) is 0 Å². The third kappa shape index (κ3) is 7.52. The summed E-state index contributed by atoms with van der Waals surface area (Å²) in [7, 11) is 0. The number of aliphatic imine (C=N–C) groups is 1. The summed E-state index contributed by atoms with van der Waals surface area (Å²) < 4.78 is 5.31. The number of guanidine groups is 1. The number of rotatable bonds is 10. The highest BCUT2D eigenvalue weighted by atomic mass is 16.4. The van der Waals surface area contributed by atoms with Crippen LogP contribution in [0.1, 0.15) is 39.4 Å². The Hall–Kier alpha value is -1.57. The van der Waals surface area contributed by atoms with E-state index in [1.165, 1.54) is 39.1 Å². The SMILES string of the molecule is CCNC(=NCC(C)(O)c1ccco1)NCCCCN1CCN(CC)CC1. The highest BCUT2D eigenvalue weighted by molar-refractivity contribution is 5.79. The molecule has 0 amide bonds. The van der Waals surface area contributed by atoms with Crippen LogP contribution in [-0.4, -0.2) is 79.8 Å². The minimum absolute atomic E-state index is 0.248. The molecule has 0 spiro atoms. The van der Waals surface area contributed by atoms with Crippen LogP contribution in [-0.2, 0) is 5.60 Å². The fourth-order valence-electron chi connectivity index (χ4n) is 3.23. The smallest absolute Gasteiger partial charge is 0.191 e. The number of nitrogens with zero attached hydrogens (tertiary/aromatic N) is 3. The van der Waals surface area contributed by atoms with Gasteiger partial charge in [-0.2, -0.15) is 0 Å². The molecular formula is C20H37N5O2. The van der Waals surface area contributed by atoms with Gasteiger partial charge in [0.2, 0.25) is 0 Å². The molecule has 154 valence electrons. The standard InChI is InChI=1S/C20H37N5O2/c1-4-21-19(23-17-20(3,26)18-9-8-16-27-18)22-10-6-7-11-25-14-12-24(5-2)13-15-25/h8-9,16,26H,4-7,10-15,17H2,1-3H3,(H2,21,22,23). The minimum atomic E-state index is -1.10. The van der Waals surface area contributed by atoms with Gasteiger partial charge in [0.15, 0.2) is 5.96 Å². The maximum absolute atomic E-state index is 10.5. The monoisotopic (exact) mass is 379 g/mol. The molecular weight excluding hydrogens is 342 g/mol.